The minimum absolute atomic E-state index is 0.162. The zero-order valence-electron chi connectivity index (χ0n) is 10.2. The van der Waals surface area contributed by atoms with Crippen molar-refractivity contribution in [2.24, 2.45) is 5.92 Å². The molecule has 2 aliphatic heterocycles. The first-order chi connectivity index (χ1) is 8.74. The van der Waals surface area contributed by atoms with Crippen molar-refractivity contribution in [1.82, 2.24) is 4.90 Å². The van der Waals surface area contributed by atoms with Gasteiger partial charge in [0.15, 0.2) is 5.78 Å². The first-order valence-corrected chi connectivity index (χ1v) is 6.30. The van der Waals surface area contributed by atoms with Gasteiger partial charge in [-0.3, -0.25) is 4.79 Å². The lowest BCUT2D eigenvalue weighted by atomic mass is 10.0. The van der Waals surface area contributed by atoms with Gasteiger partial charge in [-0.05, 0) is 23.1 Å². The molecule has 4 rings (SSSR count). The summed E-state index contributed by atoms with van der Waals surface area (Å²) in [6.45, 7) is 3.18. The van der Waals surface area contributed by atoms with Gasteiger partial charge in [0.05, 0.1) is 0 Å². The molecule has 1 atom stereocenters. The van der Waals surface area contributed by atoms with E-state index in [-0.39, 0.29) is 5.78 Å². The summed E-state index contributed by atoms with van der Waals surface area (Å²) in [6, 6.07) is 7.87. The van der Waals surface area contributed by atoms with Crippen molar-refractivity contribution in [1.29, 1.82) is 0 Å². The Bertz CT molecular complexity index is 663. The summed E-state index contributed by atoms with van der Waals surface area (Å²) < 4.78 is 0. The average molecular weight is 235 g/mol. The van der Waals surface area contributed by atoms with E-state index in [2.05, 4.69) is 24.0 Å². The fraction of sp³-hybridized carbons (Fsp3) is 0.188. The first-order valence-electron chi connectivity index (χ1n) is 6.30. The number of carbonyl (C=O) groups excluding carboxylic acids is 1. The van der Waals surface area contributed by atoms with Crippen molar-refractivity contribution in [3.8, 4) is 0 Å². The molecule has 2 nitrogen and oxygen atoms in total. The van der Waals surface area contributed by atoms with Crippen LogP contribution in [-0.2, 0) is 0 Å². The van der Waals surface area contributed by atoms with E-state index in [0.717, 1.165) is 28.8 Å². The molecule has 1 aromatic rings. The fourth-order valence-corrected chi connectivity index (χ4v) is 3.03. The molecular formula is C16H13NO. The Labute approximate surface area is 106 Å². The van der Waals surface area contributed by atoms with Gasteiger partial charge in [0, 0.05) is 29.6 Å². The number of hydrogen-bond donors (Lipinski definition) is 0. The summed E-state index contributed by atoms with van der Waals surface area (Å²) in [6.07, 6.45) is 6.45. The molecule has 1 aliphatic carbocycles. The van der Waals surface area contributed by atoms with Gasteiger partial charge in [-0.25, -0.2) is 0 Å². The molecule has 2 heteroatoms. The van der Waals surface area contributed by atoms with Crippen LogP contribution in [-0.4, -0.2) is 17.2 Å². The number of ketones is 1. The van der Waals surface area contributed by atoms with Gasteiger partial charge in [-0.15, -0.1) is 0 Å². The number of rotatable bonds is 0. The smallest absolute Gasteiger partial charge is 0.195 e. The maximum atomic E-state index is 12.3. The lowest BCUT2D eigenvalue weighted by Gasteiger charge is -2.22. The number of fused-ring (bicyclic) bond motifs is 4. The summed E-state index contributed by atoms with van der Waals surface area (Å²) >= 11 is 0. The quantitative estimate of drug-likeness (QED) is 0.689. The Hall–Kier alpha value is -2.09. The maximum absolute atomic E-state index is 12.3. The maximum Gasteiger partial charge on any atom is 0.195 e. The fourth-order valence-electron chi connectivity index (χ4n) is 3.03. The molecule has 0 bridgehead atoms. The number of nitrogens with zero attached hydrogens (tertiary/aromatic N) is 1. The molecule has 0 N–H and O–H groups in total. The minimum Gasteiger partial charge on any atom is -0.347 e. The Kier molecular flexibility index (Phi) is 1.77. The Morgan fingerprint density at radius 1 is 1.17 bits per heavy atom. The van der Waals surface area contributed by atoms with E-state index in [0.29, 0.717) is 5.92 Å². The van der Waals surface area contributed by atoms with Crippen LogP contribution < -0.4 is 0 Å². The van der Waals surface area contributed by atoms with E-state index in [9.17, 15) is 4.79 Å². The van der Waals surface area contributed by atoms with E-state index >= 15 is 0 Å². The lowest BCUT2D eigenvalue weighted by Crippen LogP contribution is -2.18. The molecule has 0 aromatic heterocycles. The average Bonchev–Trinajstić information content (AvgIpc) is 2.86. The predicted octanol–water partition coefficient (Wildman–Crippen LogP) is 3.00. The summed E-state index contributed by atoms with van der Waals surface area (Å²) in [5, 5.41) is 0. The second-order valence-corrected chi connectivity index (χ2v) is 5.20. The standard InChI is InChI=1S/C16H13NO/c1-10-6-11-7-14-12-4-2-3-5-13(12)16(18)15(14)9-17(11)8-10/h2-7,9-10H,8H2,1H3. The number of benzene rings is 1. The van der Waals surface area contributed by atoms with Gasteiger partial charge in [-0.2, -0.15) is 0 Å². The van der Waals surface area contributed by atoms with Crippen molar-refractivity contribution in [2.45, 2.75) is 6.92 Å². The van der Waals surface area contributed by atoms with Gasteiger partial charge in [0.25, 0.3) is 0 Å². The van der Waals surface area contributed by atoms with Gasteiger partial charge in [-0.1, -0.05) is 37.3 Å². The first kappa shape index (κ1) is 9.89. The van der Waals surface area contributed by atoms with E-state index in [1.165, 1.54) is 5.70 Å². The third-order valence-electron chi connectivity index (χ3n) is 3.85. The normalized spacial score (nSPS) is 24.1. The Morgan fingerprint density at radius 2 is 1.94 bits per heavy atom. The molecule has 2 heterocycles. The highest BCUT2D eigenvalue weighted by Crippen LogP contribution is 2.42. The molecule has 88 valence electrons. The summed E-state index contributed by atoms with van der Waals surface area (Å²) in [4.78, 5) is 14.5. The van der Waals surface area contributed by atoms with Crippen molar-refractivity contribution in [2.75, 3.05) is 6.54 Å². The van der Waals surface area contributed by atoms with Crippen LogP contribution in [0.3, 0.4) is 0 Å². The van der Waals surface area contributed by atoms with Crippen LogP contribution in [0.25, 0.3) is 5.57 Å². The topological polar surface area (TPSA) is 20.3 Å². The molecule has 0 amide bonds. The summed E-state index contributed by atoms with van der Waals surface area (Å²) in [7, 11) is 0. The number of allylic oxidation sites excluding steroid dienone is 3. The van der Waals surface area contributed by atoms with Gasteiger partial charge < -0.3 is 4.90 Å². The van der Waals surface area contributed by atoms with Crippen LogP contribution >= 0.6 is 0 Å². The van der Waals surface area contributed by atoms with Crippen LogP contribution in [0.2, 0.25) is 0 Å². The second-order valence-electron chi connectivity index (χ2n) is 5.20. The SMILES string of the molecule is CC1C=C2C=C3C(=CN2C1)C(=O)c1ccccc13. The van der Waals surface area contributed by atoms with Crippen molar-refractivity contribution >= 4 is 11.4 Å². The van der Waals surface area contributed by atoms with Crippen LogP contribution in [0.1, 0.15) is 22.8 Å². The molecular weight excluding hydrogens is 222 g/mol. The monoisotopic (exact) mass is 235 g/mol. The lowest BCUT2D eigenvalue weighted by molar-refractivity contribution is 0.104. The van der Waals surface area contributed by atoms with Crippen LogP contribution in [0.4, 0.5) is 0 Å². The Morgan fingerprint density at radius 3 is 2.78 bits per heavy atom. The van der Waals surface area contributed by atoms with Crippen molar-refractivity contribution < 1.29 is 4.79 Å². The summed E-state index contributed by atoms with van der Waals surface area (Å²) in [5.41, 5.74) is 5.08. The molecule has 0 saturated carbocycles. The number of carbonyl (C=O) groups is 1. The molecule has 3 aliphatic rings. The van der Waals surface area contributed by atoms with E-state index in [1.54, 1.807) is 0 Å². The Balaban J connectivity index is 1.94. The zero-order chi connectivity index (χ0) is 12.3. The molecule has 0 radical (unpaired) electrons. The van der Waals surface area contributed by atoms with E-state index in [4.69, 9.17) is 0 Å². The highest BCUT2D eigenvalue weighted by molar-refractivity contribution is 6.27. The van der Waals surface area contributed by atoms with Crippen LogP contribution in [0.15, 0.2) is 53.9 Å². The largest absolute Gasteiger partial charge is 0.347 e. The molecule has 0 saturated heterocycles. The molecule has 18 heavy (non-hydrogen) atoms. The zero-order valence-corrected chi connectivity index (χ0v) is 10.2. The van der Waals surface area contributed by atoms with Crippen molar-refractivity contribution in [3.63, 3.8) is 0 Å². The van der Waals surface area contributed by atoms with E-state index in [1.807, 2.05) is 30.5 Å². The van der Waals surface area contributed by atoms with Crippen LogP contribution in [0, 0.1) is 5.92 Å². The summed E-state index contributed by atoms with van der Waals surface area (Å²) in [5.74, 6) is 0.716. The number of Topliss-reactive ketones (excluding diaryl/α,β-unsaturated/α-hetero) is 1. The van der Waals surface area contributed by atoms with Gasteiger partial charge in [0.1, 0.15) is 0 Å². The number of hydrogen-bond acceptors (Lipinski definition) is 2. The molecule has 1 aromatic carbocycles. The third kappa shape index (κ3) is 1.15. The molecule has 0 fully saturated rings. The molecule has 0 spiro atoms. The van der Waals surface area contributed by atoms with Gasteiger partial charge >= 0.3 is 0 Å². The highest BCUT2D eigenvalue weighted by atomic mass is 16.1. The van der Waals surface area contributed by atoms with E-state index < -0.39 is 0 Å². The van der Waals surface area contributed by atoms with Crippen molar-refractivity contribution in [3.05, 3.63) is 65.0 Å². The molecule has 1 unspecified atom stereocenters. The highest BCUT2D eigenvalue weighted by Gasteiger charge is 2.34. The second kappa shape index (κ2) is 3.22. The van der Waals surface area contributed by atoms with Crippen LogP contribution in [0.5, 0.6) is 0 Å². The third-order valence-corrected chi connectivity index (χ3v) is 3.85. The predicted molar refractivity (Wildman–Crippen MR) is 70.8 cm³/mol. The minimum atomic E-state index is 0.162. The van der Waals surface area contributed by atoms with Gasteiger partial charge in [0.2, 0.25) is 0 Å².